The first-order valence-electron chi connectivity index (χ1n) is 7.57. The fraction of sp³-hybridized carbons (Fsp3) is 0.167. The number of halogens is 2. The van der Waals surface area contributed by atoms with Crippen molar-refractivity contribution in [2.24, 2.45) is 5.14 Å². The molecule has 0 fully saturated rings. The molecule has 3 rings (SSSR count). The Morgan fingerprint density at radius 1 is 1.08 bits per heavy atom. The summed E-state index contributed by atoms with van der Waals surface area (Å²) in [7, 11) is -3.89. The van der Waals surface area contributed by atoms with E-state index in [4.69, 9.17) is 9.88 Å². The fourth-order valence-corrected chi connectivity index (χ4v) is 4.36. The number of nitrogens with two attached hydrogens (primary N) is 1. The van der Waals surface area contributed by atoms with E-state index in [1.165, 1.54) is 42.5 Å². The Labute approximate surface area is 158 Å². The predicted octanol–water partition coefficient (Wildman–Crippen LogP) is 3.48. The van der Waals surface area contributed by atoms with Crippen LogP contribution in [0.1, 0.15) is 25.0 Å². The van der Waals surface area contributed by atoms with Gasteiger partial charge in [-0.2, -0.15) is 0 Å². The number of ether oxygens (including phenoxy) is 1. The lowest BCUT2D eigenvalue weighted by atomic mass is 9.92. The molecule has 1 aliphatic heterocycles. The number of hydrogen-bond acceptors (Lipinski definition) is 4. The lowest BCUT2D eigenvalue weighted by Crippen LogP contribution is -2.29. The number of carbonyl (C=O) groups excluding carboxylic acids is 1. The van der Waals surface area contributed by atoms with Gasteiger partial charge < -0.3 is 4.74 Å². The van der Waals surface area contributed by atoms with E-state index in [0.717, 1.165) is 0 Å². The van der Waals surface area contributed by atoms with Crippen LogP contribution < -0.4 is 5.14 Å². The highest BCUT2D eigenvalue weighted by Crippen LogP contribution is 2.42. The molecule has 136 valence electrons. The zero-order valence-corrected chi connectivity index (χ0v) is 16.3. The lowest BCUT2D eigenvalue weighted by molar-refractivity contribution is -0.125. The van der Waals surface area contributed by atoms with E-state index in [1.807, 2.05) is 0 Å². The molecule has 0 amide bonds. The molecule has 2 aromatic rings. The number of Topliss-reactive ketones (excluding diaryl/α,β-unsaturated/α-hetero) is 1. The van der Waals surface area contributed by atoms with Crippen molar-refractivity contribution in [3.05, 3.63) is 63.9 Å². The van der Waals surface area contributed by atoms with Crippen LogP contribution in [0.5, 0.6) is 0 Å². The highest BCUT2D eigenvalue weighted by molar-refractivity contribution is 9.10. The number of benzene rings is 2. The molecular weight excluding hydrogens is 425 g/mol. The summed E-state index contributed by atoms with van der Waals surface area (Å²) in [6.07, 6.45) is 0. The maximum atomic E-state index is 13.2. The van der Waals surface area contributed by atoms with Gasteiger partial charge in [-0.1, -0.05) is 12.1 Å². The van der Waals surface area contributed by atoms with Crippen molar-refractivity contribution in [1.29, 1.82) is 0 Å². The van der Waals surface area contributed by atoms with E-state index in [2.05, 4.69) is 15.9 Å². The molecule has 0 aromatic heterocycles. The number of hydrogen-bond donors (Lipinski definition) is 1. The zero-order chi connectivity index (χ0) is 19.3. The van der Waals surface area contributed by atoms with Crippen LogP contribution in [0.25, 0.3) is 11.3 Å². The summed E-state index contributed by atoms with van der Waals surface area (Å²) >= 11 is 3.19. The number of primary sulfonamides is 1. The van der Waals surface area contributed by atoms with Gasteiger partial charge in [-0.25, -0.2) is 17.9 Å². The van der Waals surface area contributed by atoms with E-state index in [0.29, 0.717) is 22.5 Å². The van der Waals surface area contributed by atoms with Gasteiger partial charge in [0.05, 0.1) is 10.5 Å². The molecule has 5 nitrogen and oxygen atoms in total. The van der Waals surface area contributed by atoms with Gasteiger partial charge in [-0.05, 0) is 65.7 Å². The van der Waals surface area contributed by atoms with Gasteiger partial charge >= 0.3 is 0 Å². The third-order valence-corrected chi connectivity index (χ3v) is 5.88. The topological polar surface area (TPSA) is 86.5 Å². The van der Waals surface area contributed by atoms with E-state index >= 15 is 0 Å². The molecule has 0 unspecified atom stereocenters. The second-order valence-corrected chi connectivity index (χ2v) is 8.73. The van der Waals surface area contributed by atoms with Crippen LogP contribution in [0.3, 0.4) is 0 Å². The van der Waals surface area contributed by atoms with Gasteiger partial charge in [0, 0.05) is 10.0 Å². The minimum absolute atomic E-state index is 0.0752. The Balaban J connectivity index is 2.20. The minimum atomic E-state index is -3.89. The quantitative estimate of drug-likeness (QED) is 0.792. The van der Waals surface area contributed by atoms with Crippen molar-refractivity contribution in [2.45, 2.75) is 24.3 Å². The Kier molecular flexibility index (Phi) is 4.54. The predicted molar refractivity (Wildman–Crippen MR) is 98.9 cm³/mol. The molecule has 1 heterocycles. The number of carbonyl (C=O) groups is 1. The van der Waals surface area contributed by atoms with Crippen LogP contribution in [-0.4, -0.2) is 19.8 Å². The smallest absolute Gasteiger partial charge is 0.239 e. The van der Waals surface area contributed by atoms with Crippen LogP contribution in [0.2, 0.25) is 0 Å². The summed E-state index contributed by atoms with van der Waals surface area (Å²) in [5, 5.41) is 5.17. The first kappa shape index (κ1) is 18.8. The summed E-state index contributed by atoms with van der Waals surface area (Å²) in [4.78, 5) is 12.7. The standard InChI is InChI=1S/C18H15BrFNO4S/c1-18(2)17(22)15(10-3-6-12(20)7-4-10)16(25-18)11-5-8-14(13(19)9-11)26(21,23)24/h3-9H,1-2H3,(H2,21,23,24). The summed E-state index contributed by atoms with van der Waals surface area (Å²) in [6.45, 7) is 3.28. The lowest BCUT2D eigenvalue weighted by Gasteiger charge is -2.18. The summed E-state index contributed by atoms with van der Waals surface area (Å²) in [5.41, 5.74) is 0.237. The first-order chi connectivity index (χ1) is 12.0. The highest BCUT2D eigenvalue weighted by atomic mass is 79.9. The molecular formula is C18H15BrFNO4S. The van der Waals surface area contributed by atoms with Crippen molar-refractivity contribution in [3.63, 3.8) is 0 Å². The SMILES string of the molecule is CC1(C)OC(c2ccc(S(N)(=O)=O)c(Br)c2)=C(c2ccc(F)cc2)C1=O. The van der Waals surface area contributed by atoms with Gasteiger partial charge in [-0.3, -0.25) is 4.79 Å². The Morgan fingerprint density at radius 3 is 2.19 bits per heavy atom. The van der Waals surface area contributed by atoms with E-state index in [-0.39, 0.29) is 15.2 Å². The van der Waals surface area contributed by atoms with Crippen molar-refractivity contribution < 1.29 is 22.3 Å². The van der Waals surface area contributed by atoms with Gasteiger partial charge in [-0.15, -0.1) is 0 Å². The average Bonchev–Trinajstić information content (AvgIpc) is 2.77. The molecule has 1 aliphatic rings. The van der Waals surface area contributed by atoms with Crippen LogP contribution in [0.4, 0.5) is 4.39 Å². The number of ketones is 1. The highest BCUT2D eigenvalue weighted by Gasteiger charge is 2.42. The molecule has 0 atom stereocenters. The average molecular weight is 440 g/mol. The number of rotatable bonds is 3. The fourth-order valence-electron chi connectivity index (χ4n) is 2.71. The second kappa shape index (κ2) is 6.29. The van der Waals surface area contributed by atoms with Crippen molar-refractivity contribution in [2.75, 3.05) is 0 Å². The third-order valence-electron chi connectivity index (χ3n) is 3.99. The van der Waals surface area contributed by atoms with Crippen LogP contribution >= 0.6 is 15.9 Å². The monoisotopic (exact) mass is 439 g/mol. The molecule has 2 aromatic carbocycles. The summed E-state index contributed by atoms with van der Waals surface area (Å²) < 4.78 is 42.5. The Morgan fingerprint density at radius 2 is 1.65 bits per heavy atom. The van der Waals surface area contributed by atoms with E-state index in [9.17, 15) is 17.6 Å². The third kappa shape index (κ3) is 3.32. The maximum Gasteiger partial charge on any atom is 0.239 e. The molecule has 0 aliphatic carbocycles. The van der Waals surface area contributed by atoms with Crippen LogP contribution in [-0.2, 0) is 19.6 Å². The minimum Gasteiger partial charge on any atom is -0.478 e. The van der Waals surface area contributed by atoms with Gasteiger partial charge in [0.2, 0.25) is 15.8 Å². The number of sulfonamides is 1. The maximum absolute atomic E-state index is 13.2. The molecule has 2 N–H and O–H groups in total. The van der Waals surface area contributed by atoms with Crippen molar-refractivity contribution in [1.82, 2.24) is 0 Å². The molecule has 0 radical (unpaired) electrons. The second-order valence-electron chi connectivity index (χ2n) is 6.34. The molecule has 0 bridgehead atoms. The summed E-state index contributed by atoms with van der Waals surface area (Å²) in [6, 6.07) is 9.90. The molecule has 0 spiro atoms. The zero-order valence-electron chi connectivity index (χ0n) is 13.9. The Bertz CT molecular complexity index is 1040. The summed E-state index contributed by atoms with van der Waals surface area (Å²) in [5.74, 6) is -0.360. The first-order valence-corrected chi connectivity index (χ1v) is 9.91. The normalized spacial score (nSPS) is 16.7. The van der Waals surface area contributed by atoms with E-state index in [1.54, 1.807) is 13.8 Å². The van der Waals surface area contributed by atoms with Gasteiger partial charge in [0.15, 0.2) is 5.60 Å². The van der Waals surface area contributed by atoms with Crippen LogP contribution in [0.15, 0.2) is 51.8 Å². The van der Waals surface area contributed by atoms with Crippen LogP contribution in [0, 0.1) is 5.82 Å². The molecule has 0 saturated carbocycles. The van der Waals surface area contributed by atoms with Gasteiger partial charge in [0.25, 0.3) is 0 Å². The molecule has 26 heavy (non-hydrogen) atoms. The largest absolute Gasteiger partial charge is 0.478 e. The Hall–Kier alpha value is -2.03. The van der Waals surface area contributed by atoms with E-state index < -0.39 is 21.4 Å². The van der Waals surface area contributed by atoms with Gasteiger partial charge in [0.1, 0.15) is 11.6 Å². The van der Waals surface area contributed by atoms with Crippen molar-refractivity contribution >= 4 is 43.1 Å². The van der Waals surface area contributed by atoms with Crippen molar-refractivity contribution in [3.8, 4) is 0 Å². The molecule has 8 heteroatoms. The molecule has 0 saturated heterocycles.